The Morgan fingerprint density at radius 3 is 2.73 bits per heavy atom. The zero-order valence-electron chi connectivity index (χ0n) is 20.9. The fourth-order valence-electron chi connectivity index (χ4n) is 8.12. The Morgan fingerprint density at radius 2 is 1.91 bits per heavy atom. The number of fused-ring (bicyclic) bond motifs is 5. The maximum Gasteiger partial charge on any atom is 0.230 e. The Balaban J connectivity index is 1.15. The number of aliphatic hydroxyl groups is 1. The van der Waals surface area contributed by atoms with Gasteiger partial charge in [0.15, 0.2) is 5.82 Å². The molecule has 1 N–H and O–H groups in total. The summed E-state index contributed by atoms with van der Waals surface area (Å²) in [6.45, 7) is 6.10. The van der Waals surface area contributed by atoms with Crippen LogP contribution in [-0.4, -0.2) is 52.7 Å². The summed E-state index contributed by atoms with van der Waals surface area (Å²) in [6.07, 6.45) is 11.3. The standard InChI is InChI=1S/C26H42N4O3/c1-25-12-9-18(28-32-14-11-24-27-23(29-33-24)16-30(3)4)15-17(25)5-6-19-20-7-8-22(31)26(20,2)13-10-21(19)25/h17,19-22,31H,5-16H2,1-4H3/b28-18-/t17?,19?,20?,21?,22-,25-,26-/m0/s1. The van der Waals surface area contributed by atoms with E-state index in [4.69, 9.17) is 9.36 Å². The first kappa shape index (κ1) is 23.3. The average Bonchev–Trinajstić information content (AvgIpc) is 3.34. The molecular formula is C26H42N4O3. The van der Waals surface area contributed by atoms with Gasteiger partial charge in [0.2, 0.25) is 5.89 Å². The summed E-state index contributed by atoms with van der Waals surface area (Å²) in [5, 5.41) is 19.2. The van der Waals surface area contributed by atoms with Gasteiger partial charge in [-0.2, -0.15) is 4.98 Å². The van der Waals surface area contributed by atoms with E-state index >= 15 is 0 Å². The molecule has 0 saturated heterocycles. The Kier molecular flexibility index (Phi) is 6.32. The lowest BCUT2D eigenvalue weighted by Gasteiger charge is -2.60. The highest BCUT2D eigenvalue weighted by molar-refractivity contribution is 5.85. The summed E-state index contributed by atoms with van der Waals surface area (Å²) < 4.78 is 5.30. The van der Waals surface area contributed by atoms with Gasteiger partial charge in [-0.15, -0.1) is 0 Å². The summed E-state index contributed by atoms with van der Waals surface area (Å²) >= 11 is 0. The van der Waals surface area contributed by atoms with Crippen molar-refractivity contribution >= 4 is 5.71 Å². The number of aromatic nitrogens is 2. The highest BCUT2D eigenvalue weighted by atomic mass is 16.6. The summed E-state index contributed by atoms with van der Waals surface area (Å²) in [7, 11) is 3.97. The van der Waals surface area contributed by atoms with Crippen LogP contribution in [-0.2, 0) is 17.8 Å². The zero-order chi connectivity index (χ0) is 23.2. The normalized spacial score (nSPS) is 41.6. The van der Waals surface area contributed by atoms with Crippen molar-refractivity contribution in [1.82, 2.24) is 15.0 Å². The van der Waals surface area contributed by atoms with E-state index < -0.39 is 0 Å². The maximum atomic E-state index is 10.7. The molecule has 1 aromatic heterocycles. The Bertz CT molecular complexity index is 869. The molecule has 0 amide bonds. The molecule has 0 aliphatic heterocycles. The second kappa shape index (κ2) is 8.95. The molecule has 0 spiro atoms. The predicted molar refractivity (Wildman–Crippen MR) is 127 cm³/mol. The quantitative estimate of drug-likeness (QED) is 0.501. The van der Waals surface area contributed by atoms with Crippen LogP contribution < -0.4 is 0 Å². The third-order valence-corrected chi connectivity index (χ3v) is 10.0. The first-order valence-electron chi connectivity index (χ1n) is 13.1. The molecule has 7 heteroatoms. The van der Waals surface area contributed by atoms with Crippen molar-refractivity contribution in [3.63, 3.8) is 0 Å². The van der Waals surface area contributed by atoms with Crippen molar-refractivity contribution in [1.29, 1.82) is 0 Å². The Morgan fingerprint density at radius 1 is 1.09 bits per heavy atom. The summed E-state index contributed by atoms with van der Waals surface area (Å²) in [4.78, 5) is 12.1. The third kappa shape index (κ3) is 4.24. The van der Waals surface area contributed by atoms with Gasteiger partial charge in [0.25, 0.3) is 0 Å². The fourth-order valence-corrected chi connectivity index (χ4v) is 8.12. The van der Waals surface area contributed by atoms with Crippen LogP contribution in [0, 0.1) is 34.5 Å². The Labute approximate surface area is 198 Å². The van der Waals surface area contributed by atoms with E-state index in [1.807, 2.05) is 19.0 Å². The number of oxime groups is 1. The van der Waals surface area contributed by atoms with E-state index in [1.54, 1.807) is 0 Å². The lowest BCUT2D eigenvalue weighted by atomic mass is 9.45. The molecule has 33 heavy (non-hydrogen) atoms. The maximum absolute atomic E-state index is 10.7. The van der Waals surface area contributed by atoms with Gasteiger partial charge in [0.1, 0.15) is 6.61 Å². The van der Waals surface area contributed by atoms with Crippen molar-refractivity contribution in [3.05, 3.63) is 11.7 Å². The molecule has 5 rings (SSSR count). The minimum atomic E-state index is -0.0806. The van der Waals surface area contributed by atoms with Crippen LogP contribution in [0.1, 0.15) is 83.3 Å². The van der Waals surface area contributed by atoms with Gasteiger partial charge in [-0.25, -0.2) is 0 Å². The minimum Gasteiger partial charge on any atom is -0.395 e. The molecule has 1 aromatic rings. The fraction of sp³-hybridized carbons (Fsp3) is 0.885. The first-order chi connectivity index (χ1) is 15.8. The third-order valence-electron chi connectivity index (χ3n) is 10.0. The number of hydrogen-bond donors (Lipinski definition) is 1. The van der Waals surface area contributed by atoms with Crippen molar-refractivity contribution in [3.8, 4) is 0 Å². The second-order valence-corrected chi connectivity index (χ2v) is 12.1. The van der Waals surface area contributed by atoms with Gasteiger partial charge in [0.05, 0.1) is 24.8 Å². The smallest absolute Gasteiger partial charge is 0.230 e. The summed E-state index contributed by atoms with van der Waals surface area (Å²) in [6, 6.07) is 0. The van der Waals surface area contributed by atoms with Crippen LogP contribution in [0.3, 0.4) is 0 Å². The van der Waals surface area contributed by atoms with Gasteiger partial charge in [-0.3, -0.25) is 0 Å². The average molecular weight is 459 g/mol. The van der Waals surface area contributed by atoms with Crippen LogP contribution in [0.5, 0.6) is 0 Å². The van der Waals surface area contributed by atoms with Gasteiger partial charge in [-0.05, 0) is 106 Å². The number of hydrogen-bond acceptors (Lipinski definition) is 7. The Hall–Kier alpha value is -1.47. The van der Waals surface area contributed by atoms with E-state index in [1.165, 1.54) is 44.2 Å². The SMILES string of the molecule is CN(C)Cc1noc(CCO/N=C2/CC[C@@]3(C)C(CCC4C3CC[C@@]3(C)C4CC[C@@H]3O)C2)n1. The number of nitrogens with zero attached hydrogens (tertiary/aromatic N) is 4. The van der Waals surface area contributed by atoms with E-state index in [2.05, 4.69) is 29.1 Å². The van der Waals surface area contributed by atoms with E-state index in [9.17, 15) is 5.11 Å². The topological polar surface area (TPSA) is 84.0 Å². The van der Waals surface area contributed by atoms with Gasteiger partial charge in [-0.1, -0.05) is 24.2 Å². The van der Waals surface area contributed by atoms with Crippen LogP contribution in [0.15, 0.2) is 9.68 Å². The van der Waals surface area contributed by atoms with E-state index in [-0.39, 0.29) is 11.5 Å². The lowest BCUT2D eigenvalue weighted by molar-refractivity contribution is -0.112. The van der Waals surface area contributed by atoms with E-state index in [0.29, 0.717) is 36.7 Å². The molecule has 4 aliphatic carbocycles. The monoisotopic (exact) mass is 458 g/mol. The highest BCUT2D eigenvalue weighted by Crippen LogP contribution is 2.65. The van der Waals surface area contributed by atoms with Gasteiger partial charge < -0.3 is 19.4 Å². The molecule has 0 aromatic carbocycles. The van der Waals surface area contributed by atoms with Crippen molar-refractivity contribution in [2.24, 2.45) is 39.7 Å². The van der Waals surface area contributed by atoms with Crippen molar-refractivity contribution in [2.45, 2.75) is 90.7 Å². The molecule has 7 nitrogen and oxygen atoms in total. The molecule has 184 valence electrons. The molecule has 7 atom stereocenters. The minimum absolute atomic E-state index is 0.0806. The van der Waals surface area contributed by atoms with Gasteiger partial charge >= 0.3 is 0 Å². The number of rotatable bonds is 6. The zero-order valence-corrected chi connectivity index (χ0v) is 20.9. The summed E-state index contributed by atoms with van der Waals surface area (Å²) in [5.41, 5.74) is 1.82. The second-order valence-electron chi connectivity index (χ2n) is 12.1. The molecule has 4 unspecified atom stereocenters. The molecule has 4 saturated carbocycles. The van der Waals surface area contributed by atoms with Crippen LogP contribution >= 0.6 is 0 Å². The van der Waals surface area contributed by atoms with Crippen LogP contribution in [0.25, 0.3) is 0 Å². The largest absolute Gasteiger partial charge is 0.395 e. The van der Waals surface area contributed by atoms with Crippen molar-refractivity contribution < 1.29 is 14.5 Å². The first-order valence-corrected chi connectivity index (χ1v) is 13.1. The molecular weight excluding hydrogens is 416 g/mol. The molecule has 0 radical (unpaired) electrons. The lowest BCUT2D eigenvalue weighted by Crippen LogP contribution is -2.54. The molecule has 1 heterocycles. The van der Waals surface area contributed by atoms with E-state index in [0.717, 1.165) is 42.9 Å². The molecule has 0 bridgehead atoms. The van der Waals surface area contributed by atoms with Crippen molar-refractivity contribution in [2.75, 3.05) is 20.7 Å². The molecule has 4 aliphatic rings. The molecule has 4 fully saturated rings. The van der Waals surface area contributed by atoms with Gasteiger partial charge in [0, 0.05) is 0 Å². The predicted octanol–water partition coefficient (Wildman–Crippen LogP) is 4.45. The number of aliphatic hydroxyl groups excluding tert-OH is 1. The van der Waals surface area contributed by atoms with Crippen LogP contribution in [0.2, 0.25) is 0 Å². The summed E-state index contributed by atoms with van der Waals surface area (Å²) in [5.74, 6) is 4.39. The highest BCUT2D eigenvalue weighted by Gasteiger charge is 2.59. The van der Waals surface area contributed by atoms with Crippen LogP contribution in [0.4, 0.5) is 0 Å².